The third-order valence-corrected chi connectivity index (χ3v) is 5.26. The molecule has 1 atom stereocenters. The number of rotatable bonds is 8. The third kappa shape index (κ3) is 5.09. The minimum absolute atomic E-state index is 0.0470. The second-order valence-corrected chi connectivity index (χ2v) is 7.82. The number of esters is 1. The lowest BCUT2D eigenvalue weighted by Gasteiger charge is -2.28. The number of nitrogens with zero attached hydrogens (tertiary/aromatic N) is 3. The predicted molar refractivity (Wildman–Crippen MR) is 120 cm³/mol. The van der Waals surface area contributed by atoms with Gasteiger partial charge in [-0.05, 0) is 20.3 Å². The van der Waals surface area contributed by atoms with Crippen molar-refractivity contribution in [2.24, 2.45) is 0 Å². The quantitative estimate of drug-likeness (QED) is 0.495. The minimum Gasteiger partial charge on any atom is -0.434 e. The Kier molecular flexibility index (Phi) is 6.57. The maximum absolute atomic E-state index is 11.2. The number of benzene rings is 2. The first kappa shape index (κ1) is 21.0. The van der Waals surface area contributed by atoms with Gasteiger partial charge in [0.15, 0.2) is 0 Å². The summed E-state index contributed by atoms with van der Waals surface area (Å²) in [5.74, 6) is 0.540. The van der Waals surface area contributed by atoms with Crippen LogP contribution in [0.1, 0.15) is 26.7 Å². The van der Waals surface area contributed by atoms with E-state index in [1.807, 2.05) is 42.6 Å². The summed E-state index contributed by atoms with van der Waals surface area (Å²) in [7, 11) is 0. The van der Waals surface area contributed by atoms with Crippen LogP contribution in [-0.4, -0.2) is 41.4 Å². The third-order valence-electron chi connectivity index (χ3n) is 5.26. The molecule has 1 fully saturated rings. The molecule has 4 rings (SSSR count). The Balaban J connectivity index is 1.61. The summed E-state index contributed by atoms with van der Waals surface area (Å²) >= 11 is 0. The Morgan fingerprint density at radius 2 is 1.65 bits per heavy atom. The molecular formula is C25H27N3O3. The number of ether oxygens (including phenoxy) is 2. The largest absolute Gasteiger partial charge is 0.434 e. The van der Waals surface area contributed by atoms with Crippen molar-refractivity contribution in [3.8, 4) is 22.5 Å². The summed E-state index contributed by atoms with van der Waals surface area (Å²) in [4.78, 5) is 23.3. The van der Waals surface area contributed by atoms with Crippen molar-refractivity contribution in [1.82, 2.24) is 9.97 Å². The number of cyclic esters (lactones) is 1. The molecule has 2 heterocycles. The molecule has 0 amide bonds. The van der Waals surface area contributed by atoms with Gasteiger partial charge in [-0.25, -0.2) is 9.78 Å². The van der Waals surface area contributed by atoms with E-state index in [0.29, 0.717) is 6.42 Å². The summed E-state index contributed by atoms with van der Waals surface area (Å²) < 4.78 is 10.5. The predicted octanol–water partition coefficient (Wildman–Crippen LogP) is 4.71. The number of anilines is 1. The SMILES string of the molecule is CC(C)N(CCC[C@H]1OCC(=O)O1)c1cnc(-c2ccccc2)c(-c2ccccc2)n1. The van der Waals surface area contributed by atoms with Gasteiger partial charge >= 0.3 is 5.97 Å². The number of hydrogen-bond acceptors (Lipinski definition) is 6. The molecule has 1 aromatic heterocycles. The molecule has 0 aliphatic carbocycles. The summed E-state index contributed by atoms with van der Waals surface area (Å²) in [6.45, 7) is 5.09. The van der Waals surface area contributed by atoms with E-state index >= 15 is 0 Å². The highest BCUT2D eigenvalue weighted by Gasteiger charge is 2.24. The summed E-state index contributed by atoms with van der Waals surface area (Å²) in [5.41, 5.74) is 3.80. The Labute approximate surface area is 182 Å². The van der Waals surface area contributed by atoms with Crippen molar-refractivity contribution in [2.75, 3.05) is 18.1 Å². The highest BCUT2D eigenvalue weighted by atomic mass is 16.7. The molecule has 6 nitrogen and oxygen atoms in total. The van der Waals surface area contributed by atoms with Crippen LogP contribution in [0.15, 0.2) is 66.9 Å². The summed E-state index contributed by atoms with van der Waals surface area (Å²) in [6, 6.07) is 20.5. The van der Waals surface area contributed by atoms with E-state index in [-0.39, 0.29) is 18.6 Å². The van der Waals surface area contributed by atoms with Gasteiger partial charge in [0.05, 0.1) is 17.6 Å². The van der Waals surface area contributed by atoms with Crippen molar-refractivity contribution in [1.29, 1.82) is 0 Å². The highest BCUT2D eigenvalue weighted by molar-refractivity contribution is 5.78. The highest BCUT2D eigenvalue weighted by Crippen LogP contribution is 2.31. The molecular weight excluding hydrogens is 390 g/mol. The van der Waals surface area contributed by atoms with Crippen LogP contribution in [0, 0.1) is 0 Å². The maximum Gasteiger partial charge on any atom is 0.334 e. The number of aromatic nitrogens is 2. The van der Waals surface area contributed by atoms with Gasteiger partial charge in [0.1, 0.15) is 12.4 Å². The van der Waals surface area contributed by atoms with Gasteiger partial charge in [-0.15, -0.1) is 0 Å². The zero-order chi connectivity index (χ0) is 21.6. The van der Waals surface area contributed by atoms with Crippen LogP contribution in [0.25, 0.3) is 22.5 Å². The van der Waals surface area contributed by atoms with Gasteiger partial charge in [0.25, 0.3) is 0 Å². The molecule has 0 unspecified atom stereocenters. The first-order valence-electron chi connectivity index (χ1n) is 10.7. The molecule has 6 heteroatoms. The van der Waals surface area contributed by atoms with Gasteiger partial charge < -0.3 is 14.4 Å². The Morgan fingerprint density at radius 1 is 1.00 bits per heavy atom. The second-order valence-electron chi connectivity index (χ2n) is 7.82. The Hall–Kier alpha value is -3.25. The van der Waals surface area contributed by atoms with Gasteiger partial charge in [0.2, 0.25) is 6.29 Å². The monoisotopic (exact) mass is 417 g/mol. The average Bonchev–Trinajstić information content (AvgIpc) is 3.22. The molecule has 0 saturated carbocycles. The van der Waals surface area contributed by atoms with Gasteiger partial charge in [0, 0.05) is 30.1 Å². The molecule has 0 N–H and O–H groups in total. The lowest BCUT2D eigenvalue weighted by molar-refractivity contribution is -0.143. The second kappa shape index (κ2) is 9.71. The molecule has 1 aliphatic rings. The van der Waals surface area contributed by atoms with Gasteiger partial charge in [-0.2, -0.15) is 0 Å². The lowest BCUT2D eigenvalue weighted by atomic mass is 10.0. The lowest BCUT2D eigenvalue weighted by Crippen LogP contribution is -2.33. The van der Waals surface area contributed by atoms with E-state index < -0.39 is 6.29 Å². The Morgan fingerprint density at radius 3 is 2.23 bits per heavy atom. The van der Waals surface area contributed by atoms with Crippen LogP contribution < -0.4 is 4.90 Å². The van der Waals surface area contributed by atoms with Crippen LogP contribution in [0.4, 0.5) is 5.82 Å². The molecule has 31 heavy (non-hydrogen) atoms. The van der Waals surface area contributed by atoms with Crippen molar-refractivity contribution in [3.05, 3.63) is 66.9 Å². The van der Waals surface area contributed by atoms with E-state index in [9.17, 15) is 4.79 Å². The van der Waals surface area contributed by atoms with Gasteiger partial charge in [-0.3, -0.25) is 4.98 Å². The van der Waals surface area contributed by atoms with Crippen LogP contribution in [0.5, 0.6) is 0 Å². The number of carbonyl (C=O) groups excluding carboxylic acids is 1. The van der Waals surface area contributed by atoms with Crippen LogP contribution >= 0.6 is 0 Å². The molecule has 160 valence electrons. The van der Waals surface area contributed by atoms with Crippen LogP contribution in [-0.2, 0) is 14.3 Å². The van der Waals surface area contributed by atoms with E-state index in [1.54, 1.807) is 0 Å². The van der Waals surface area contributed by atoms with E-state index in [0.717, 1.165) is 41.3 Å². The zero-order valence-corrected chi connectivity index (χ0v) is 17.9. The number of carbonyl (C=O) groups is 1. The molecule has 2 aromatic carbocycles. The molecule has 3 aromatic rings. The zero-order valence-electron chi connectivity index (χ0n) is 17.9. The fraction of sp³-hybridized carbons (Fsp3) is 0.320. The van der Waals surface area contributed by atoms with Crippen LogP contribution in [0.3, 0.4) is 0 Å². The van der Waals surface area contributed by atoms with E-state index in [2.05, 4.69) is 43.0 Å². The van der Waals surface area contributed by atoms with Crippen molar-refractivity contribution in [2.45, 2.75) is 39.0 Å². The first-order valence-corrected chi connectivity index (χ1v) is 10.7. The fourth-order valence-corrected chi connectivity index (χ4v) is 3.71. The molecule has 0 spiro atoms. The molecule has 0 bridgehead atoms. The summed E-state index contributed by atoms with van der Waals surface area (Å²) in [5, 5.41) is 0. The first-order chi connectivity index (χ1) is 15.1. The Bertz CT molecular complexity index is 1010. The average molecular weight is 418 g/mol. The maximum atomic E-state index is 11.2. The molecule has 1 aliphatic heterocycles. The van der Waals surface area contributed by atoms with Crippen LogP contribution in [0.2, 0.25) is 0 Å². The molecule has 0 radical (unpaired) electrons. The van der Waals surface area contributed by atoms with Crippen molar-refractivity contribution in [3.63, 3.8) is 0 Å². The van der Waals surface area contributed by atoms with Crippen molar-refractivity contribution < 1.29 is 14.3 Å². The van der Waals surface area contributed by atoms with E-state index in [4.69, 9.17) is 19.4 Å². The van der Waals surface area contributed by atoms with E-state index in [1.165, 1.54) is 0 Å². The van der Waals surface area contributed by atoms with Gasteiger partial charge in [-0.1, -0.05) is 60.7 Å². The fourth-order valence-electron chi connectivity index (χ4n) is 3.71. The smallest absolute Gasteiger partial charge is 0.334 e. The normalized spacial score (nSPS) is 15.8. The standard InChI is InChI=1S/C25H27N3O3/c1-18(2)28(15-9-14-23-30-17-22(29)31-23)21-16-26-24(19-10-5-3-6-11-19)25(27-21)20-12-7-4-8-13-20/h3-8,10-13,16,18,23H,9,14-15,17H2,1-2H3/t23-/m0/s1. The molecule has 1 saturated heterocycles. The minimum atomic E-state index is -0.437. The van der Waals surface area contributed by atoms with Crippen molar-refractivity contribution >= 4 is 11.8 Å². The topological polar surface area (TPSA) is 64.5 Å². The number of hydrogen-bond donors (Lipinski definition) is 0. The summed E-state index contributed by atoms with van der Waals surface area (Å²) in [6.07, 6.45) is 2.89.